The van der Waals surface area contributed by atoms with Gasteiger partial charge in [-0.3, -0.25) is 9.59 Å². The molecule has 0 spiro atoms. The van der Waals surface area contributed by atoms with Crippen molar-refractivity contribution in [3.63, 3.8) is 0 Å². The summed E-state index contributed by atoms with van der Waals surface area (Å²) in [6.07, 6.45) is 0.694. The first-order valence-electron chi connectivity index (χ1n) is 5.54. The van der Waals surface area contributed by atoms with Gasteiger partial charge in [0, 0.05) is 17.0 Å². The van der Waals surface area contributed by atoms with Crippen LogP contribution in [0.4, 0.5) is 0 Å². The van der Waals surface area contributed by atoms with Gasteiger partial charge >= 0.3 is 5.97 Å². The Labute approximate surface area is 111 Å². The molecule has 0 unspecified atom stereocenters. The van der Waals surface area contributed by atoms with Gasteiger partial charge < -0.3 is 9.64 Å². The number of hydrogen-bond donors (Lipinski definition) is 0. The van der Waals surface area contributed by atoms with Crippen molar-refractivity contribution in [2.24, 2.45) is 0 Å². The summed E-state index contributed by atoms with van der Waals surface area (Å²) in [6, 6.07) is 0. The van der Waals surface area contributed by atoms with Gasteiger partial charge in [0.2, 0.25) is 6.41 Å². The van der Waals surface area contributed by atoms with Gasteiger partial charge in [-0.2, -0.15) is 0 Å². The molecule has 0 aromatic rings. The second-order valence-electron chi connectivity index (χ2n) is 4.40. The van der Waals surface area contributed by atoms with E-state index in [1.165, 1.54) is 4.90 Å². The van der Waals surface area contributed by atoms with Gasteiger partial charge in [-0.15, -0.1) is 0 Å². The smallest absolute Gasteiger partial charge is 0.325 e. The lowest BCUT2D eigenvalue weighted by Crippen LogP contribution is -2.31. The molecule has 6 heteroatoms. The van der Waals surface area contributed by atoms with Gasteiger partial charge in [0.05, 0.1) is 6.61 Å². The monoisotopic (exact) mass is 279 g/mol. The number of rotatable bonds is 8. The van der Waals surface area contributed by atoms with Crippen molar-refractivity contribution in [3.8, 4) is 0 Å². The molecule has 0 aliphatic rings. The normalized spacial score (nSPS) is 11.1. The van der Waals surface area contributed by atoms with E-state index in [-0.39, 0.29) is 17.3 Å². The highest BCUT2D eigenvalue weighted by Crippen LogP contribution is 2.34. The number of carbonyl (C=O) groups is 2. The molecule has 0 N–H and O–H groups in total. The van der Waals surface area contributed by atoms with Crippen molar-refractivity contribution in [2.45, 2.75) is 32.4 Å². The van der Waals surface area contributed by atoms with E-state index in [4.69, 9.17) is 4.74 Å². The van der Waals surface area contributed by atoms with Crippen molar-refractivity contribution in [3.05, 3.63) is 0 Å². The Hall–Kier alpha value is -0.360. The minimum Gasteiger partial charge on any atom is -0.465 e. The Morgan fingerprint density at radius 3 is 2.53 bits per heavy atom. The van der Waals surface area contributed by atoms with E-state index < -0.39 is 0 Å². The van der Waals surface area contributed by atoms with Gasteiger partial charge in [-0.1, -0.05) is 42.4 Å². The van der Waals surface area contributed by atoms with Gasteiger partial charge in [0.25, 0.3) is 0 Å². The first-order chi connectivity index (χ1) is 7.89. The molecule has 0 radical (unpaired) electrons. The molecule has 0 aliphatic heterocycles. The lowest BCUT2D eigenvalue weighted by atomic mass is 10.3. The average molecular weight is 279 g/mol. The molecule has 0 aromatic heterocycles. The maximum absolute atomic E-state index is 11.2. The summed E-state index contributed by atoms with van der Waals surface area (Å²) in [5.41, 5.74) is 0. The maximum atomic E-state index is 11.2. The molecule has 100 valence electrons. The quantitative estimate of drug-likeness (QED) is 0.295. The van der Waals surface area contributed by atoms with Crippen LogP contribution in [-0.4, -0.2) is 47.5 Å². The molecule has 0 fully saturated rings. The maximum Gasteiger partial charge on any atom is 0.325 e. The first kappa shape index (κ1) is 16.6. The zero-order chi connectivity index (χ0) is 13.3. The van der Waals surface area contributed by atoms with Crippen LogP contribution in [0.3, 0.4) is 0 Å². The summed E-state index contributed by atoms with van der Waals surface area (Å²) in [7, 11) is 3.48. The van der Waals surface area contributed by atoms with E-state index in [0.717, 1.165) is 5.75 Å². The third-order valence-corrected chi connectivity index (χ3v) is 4.88. The molecule has 0 aromatic carbocycles. The van der Waals surface area contributed by atoms with Crippen LogP contribution >= 0.6 is 21.6 Å². The van der Waals surface area contributed by atoms with Gasteiger partial charge in [0.15, 0.2) is 0 Å². The molecule has 0 rings (SSSR count). The van der Waals surface area contributed by atoms with Gasteiger partial charge in [-0.05, 0) is 6.92 Å². The number of hydrogen-bond acceptors (Lipinski definition) is 5. The van der Waals surface area contributed by atoms with E-state index in [9.17, 15) is 9.59 Å². The van der Waals surface area contributed by atoms with Gasteiger partial charge in [-0.25, -0.2) is 0 Å². The van der Waals surface area contributed by atoms with Gasteiger partial charge in [0.1, 0.15) is 6.54 Å². The Kier molecular flexibility index (Phi) is 8.51. The number of ether oxygens (including phenoxy) is 1. The topological polar surface area (TPSA) is 46.6 Å². The van der Waals surface area contributed by atoms with Crippen molar-refractivity contribution in [1.29, 1.82) is 0 Å². The van der Waals surface area contributed by atoms with Crippen LogP contribution in [0.2, 0.25) is 0 Å². The molecule has 0 bridgehead atoms. The lowest BCUT2D eigenvalue weighted by molar-refractivity contribution is -0.146. The zero-order valence-corrected chi connectivity index (χ0v) is 12.5. The average Bonchev–Trinajstić information content (AvgIpc) is 2.21. The fourth-order valence-corrected chi connectivity index (χ4v) is 3.19. The number of esters is 1. The van der Waals surface area contributed by atoms with Crippen LogP contribution in [0.15, 0.2) is 0 Å². The number of nitrogens with zero attached hydrogens (tertiary/aromatic N) is 1. The van der Waals surface area contributed by atoms with E-state index in [2.05, 4.69) is 20.8 Å². The predicted octanol–water partition coefficient (Wildman–Crippen LogP) is 2.19. The SMILES string of the molecule is CCOC(=O)CN(C=O)CCSSC(C)(C)C. The highest BCUT2D eigenvalue weighted by Gasteiger charge is 2.12. The summed E-state index contributed by atoms with van der Waals surface area (Å²) in [6.45, 7) is 9.12. The molecule has 0 atom stereocenters. The second kappa shape index (κ2) is 8.69. The fourth-order valence-electron chi connectivity index (χ4n) is 0.914. The van der Waals surface area contributed by atoms with Crippen molar-refractivity contribution >= 4 is 34.0 Å². The van der Waals surface area contributed by atoms with Crippen LogP contribution in [0, 0.1) is 0 Å². The fraction of sp³-hybridized carbons (Fsp3) is 0.818. The zero-order valence-electron chi connectivity index (χ0n) is 10.9. The summed E-state index contributed by atoms with van der Waals surface area (Å²) < 4.78 is 4.99. The van der Waals surface area contributed by atoms with Crippen LogP contribution in [0.5, 0.6) is 0 Å². The summed E-state index contributed by atoms with van der Waals surface area (Å²) in [4.78, 5) is 23.3. The Morgan fingerprint density at radius 1 is 1.41 bits per heavy atom. The van der Waals surface area contributed by atoms with E-state index in [0.29, 0.717) is 19.6 Å². The largest absolute Gasteiger partial charge is 0.465 e. The lowest BCUT2D eigenvalue weighted by Gasteiger charge is -2.19. The third kappa shape index (κ3) is 10.5. The molecule has 0 aliphatic carbocycles. The van der Waals surface area contributed by atoms with Crippen LogP contribution < -0.4 is 0 Å². The van der Waals surface area contributed by atoms with Crippen LogP contribution in [0.25, 0.3) is 0 Å². The first-order valence-corrected chi connectivity index (χ1v) is 7.86. The van der Waals surface area contributed by atoms with Crippen LogP contribution in [-0.2, 0) is 14.3 Å². The number of amides is 1. The summed E-state index contributed by atoms with van der Waals surface area (Å²) in [5.74, 6) is 0.452. The Bertz CT molecular complexity index is 241. The van der Waals surface area contributed by atoms with E-state index in [1.54, 1.807) is 28.5 Å². The highest BCUT2D eigenvalue weighted by molar-refractivity contribution is 8.77. The Balaban J connectivity index is 3.75. The van der Waals surface area contributed by atoms with Crippen molar-refractivity contribution < 1.29 is 14.3 Å². The van der Waals surface area contributed by atoms with E-state index >= 15 is 0 Å². The molecule has 0 saturated heterocycles. The van der Waals surface area contributed by atoms with E-state index in [1.807, 2.05) is 0 Å². The van der Waals surface area contributed by atoms with Crippen molar-refractivity contribution in [2.75, 3.05) is 25.4 Å². The van der Waals surface area contributed by atoms with Crippen LogP contribution in [0.1, 0.15) is 27.7 Å². The van der Waals surface area contributed by atoms with Crippen molar-refractivity contribution in [1.82, 2.24) is 4.90 Å². The number of carbonyl (C=O) groups excluding carboxylic acids is 2. The predicted molar refractivity (Wildman–Crippen MR) is 74.1 cm³/mol. The molecule has 0 heterocycles. The molecular formula is C11H21NO3S2. The second-order valence-corrected chi connectivity index (χ2v) is 7.64. The molecular weight excluding hydrogens is 258 g/mol. The summed E-state index contributed by atoms with van der Waals surface area (Å²) in [5, 5.41) is 0. The highest BCUT2D eigenvalue weighted by atomic mass is 33.1. The minimum atomic E-state index is -0.354. The summed E-state index contributed by atoms with van der Waals surface area (Å²) >= 11 is 0. The minimum absolute atomic E-state index is 0.0398. The standard InChI is InChI=1S/C11H21NO3S2/c1-5-15-10(14)8-12(9-13)6-7-16-17-11(2,3)4/h9H,5-8H2,1-4H3. The third-order valence-electron chi connectivity index (χ3n) is 1.56. The Morgan fingerprint density at radius 2 is 2.06 bits per heavy atom. The molecule has 4 nitrogen and oxygen atoms in total. The molecule has 0 saturated carbocycles. The molecule has 17 heavy (non-hydrogen) atoms. The molecule has 1 amide bonds.